The van der Waals surface area contributed by atoms with Gasteiger partial charge in [0.25, 0.3) is 0 Å². The van der Waals surface area contributed by atoms with Crippen LogP contribution in [-0.4, -0.2) is 61.3 Å². The molecule has 1 aromatic carbocycles. The van der Waals surface area contributed by atoms with Crippen LogP contribution >= 0.6 is 0 Å². The van der Waals surface area contributed by atoms with Crippen LogP contribution in [0.1, 0.15) is 23.5 Å². The number of likely N-dealkylation sites (N-methyl/N-ethyl adjacent to an activating group) is 1. The summed E-state index contributed by atoms with van der Waals surface area (Å²) in [5.74, 6) is 0.578. The monoisotopic (exact) mass is 262 g/mol. The molecular formula is C16H26N2O. The molecule has 1 fully saturated rings. The van der Waals surface area contributed by atoms with E-state index in [0.717, 1.165) is 26.1 Å². The topological polar surface area (TPSA) is 26.7 Å². The first kappa shape index (κ1) is 14.5. The zero-order valence-corrected chi connectivity index (χ0v) is 12.3. The lowest BCUT2D eigenvalue weighted by Gasteiger charge is -2.25. The van der Waals surface area contributed by atoms with Crippen molar-refractivity contribution in [2.24, 2.45) is 0 Å². The Labute approximate surface area is 116 Å². The Kier molecular flexibility index (Phi) is 4.97. The van der Waals surface area contributed by atoms with Gasteiger partial charge in [0.05, 0.1) is 0 Å². The quantitative estimate of drug-likeness (QED) is 0.875. The fourth-order valence-electron chi connectivity index (χ4n) is 3.01. The van der Waals surface area contributed by atoms with Crippen molar-refractivity contribution in [2.75, 3.05) is 40.3 Å². The van der Waals surface area contributed by atoms with Crippen LogP contribution in [0.5, 0.6) is 0 Å². The molecule has 3 nitrogen and oxygen atoms in total. The first-order chi connectivity index (χ1) is 9.11. The van der Waals surface area contributed by atoms with Gasteiger partial charge >= 0.3 is 0 Å². The van der Waals surface area contributed by atoms with Crippen LogP contribution in [0.15, 0.2) is 24.3 Å². The molecule has 1 heterocycles. The Balaban J connectivity index is 2.10. The molecule has 2 atom stereocenters. The summed E-state index contributed by atoms with van der Waals surface area (Å²) < 4.78 is 0. The van der Waals surface area contributed by atoms with Gasteiger partial charge in [-0.1, -0.05) is 29.8 Å². The Morgan fingerprint density at radius 1 is 1.21 bits per heavy atom. The van der Waals surface area contributed by atoms with Gasteiger partial charge in [-0.15, -0.1) is 0 Å². The second-order valence-corrected chi connectivity index (χ2v) is 5.88. The van der Waals surface area contributed by atoms with Gasteiger partial charge in [0.2, 0.25) is 0 Å². The molecular weight excluding hydrogens is 236 g/mol. The highest BCUT2D eigenvalue weighted by Gasteiger charge is 2.34. The maximum atomic E-state index is 8.98. The summed E-state index contributed by atoms with van der Waals surface area (Å²) in [5.41, 5.74) is 2.76. The largest absolute Gasteiger partial charge is 0.396 e. The lowest BCUT2D eigenvalue weighted by atomic mass is 9.93. The van der Waals surface area contributed by atoms with Crippen molar-refractivity contribution in [1.82, 2.24) is 9.80 Å². The van der Waals surface area contributed by atoms with Crippen molar-refractivity contribution < 1.29 is 5.11 Å². The zero-order chi connectivity index (χ0) is 13.8. The standard InChI is InChI=1S/C16H26N2O/c1-13-5-7-14(8-6-13)15-11-18(9-4-10-19)12-16(15)17(2)3/h5-8,15-16,19H,4,9-12H2,1-3H3/t15-,16+/m0/s1. The maximum Gasteiger partial charge on any atom is 0.0443 e. The molecule has 0 spiro atoms. The first-order valence-electron chi connectivity index (χ1n) is 7.18. The number of aliphatic hydroxyl groups is 1. The molecule has 19 heavy (non-hydrogen) atoms. The number of likely N-dealkylation sites (tertiary alicyclic amines) is 1. The average molecular weight is 262 g/mol. The van der Waals surface area contributed by atoms with Crippen LogP contribution < -0.4 is 0 Å². The molecule has 0 aromatic heterocycles. The van der Waals surface area contributed by atoms with Crippen molar-refractivity contribution in [1.29, 1.82) is 0 Å². The van der Waals surface area contributed by atoms with Crippen LogP contribution in [0.4, 0.5) is 0 Å². The summed E-state index contributed by atoms with van der Waals surface area (Å²) in [6.45, 7) is 5.63. The van der Waals surface area contributed by atoms with Crippen molar-refractivity contribution >= 4 is 0 Å². The molecule has 0 unspecified atom stereocenters. The molecule has 3 heteroatoms. The van der Waals surface area contributed by atoms with Gasteiger partial charge < -0.3 is 14.9 Å². The summed E-state index contributed by atoms with van der Waals surface area (Å²) in [7, 11) is 4.34. The Morgan fingerprint density at radius 3 is 2.47 bits per heavy atom. The van der Waals surface area contributed by atoms with E-state index in [1.807, 2.05) is 0 Å². The zero-order valence-electron chi connectivity index (χ0n) is 12.3. The molecule has 0 radical (unpaired) electrons. The summed E-state index contributed by atoms with van der Waals surface area (Å²) >= 11 is 0. The van der Waals surface area contributed by atoms with E-state index in [4.69, 9.17) is 5.11 Å². The SMILES string of the molecule is Cc1ccc([C@@H]2CN(CCCO)C[C@H]2N(C)C)cc1. The van der Waals surface area contributed by atoms with Gasteiger partial charge in [-0.2, -0.15) is 0 Å². The Morgan fingerprint density at radius 2 is 1.89 bits per heavy atom. The average Bonchev–Trinajstić information content (AvgIpc) is 2.81. The molecule has 0 amide bonds. The molecule has 106 valence electrons. The van der Waals surface area contributed by atoms with Gasteiger partial charge in [0, 0.05) is 38.2 Å². The number of nitrogens with zero attached hydrogens (tertiary/aromatic N) is 2. The molecule has 0 saturated carbocycles. The summed E-state index contributed by atoms with van der Waals surface area (Å²) in [6, 6.07) is 9.52. The number of benzene rings is 1. The minimum Gasteiger partial charge on any atom is -0.396 e. The van der Waals surface area contributed by atoms with Gasteiger partial charge in [0.15, 0.2) is 0 Å². The molecule has 1 aliphatic rings. The summed E-state index contributed by atoms with van der Waals surface area (Å²) in [5, 5.41) is 8.98. The van der Waals surface area contributed by atoms with Crippen LogP contribution in [0.2, 0.25) is 0 Å². The third kappa shape index (κ3) is 3.56. The minimum atomic E-state index is 0.290. The number of hydrogen-bond donors (Lipinski definition) is 1. The predicted octanol–water partition coefficient (Wildman–Crippen LogP) is 1.71. The van der Waals surface area contributed by atoms with E-state index in [1.54, 1.807) is 0 Å². The van der Waals surface area contributed by atoms with E-state index in [9.17, 15) is 0 Å². The predicted molar refractivity (Wildman–Crippen MR) is 79.5 cm³/mol. The summed E-state index contributed by atoms with van der Waals surface area (Å²) in [6.07, 6.45) is 0.876. The van der Waals surface area contributed by atoms with Crippen molar-refractivity contribution in [2.45, 2.75) is 25.3 Å². The Bertz CT molecular complexity index is 388. The van der Waals surface area contributed by atoms with E-state index in [1.165, 1.54) is 11.1 Å². The smallest absolute Gasteiger partial charge is 0.0443 e. The second kappa shape index (κ2) is 6.51. The molecule has 1 saturated heterocycles. The normalized spacial score (nSPS) is 24.3. The number of hydrogen-bond acceptors (Lipinski definition) is 3. The van der Waals surface area contributed by atoms with Gasteiger partial charge in [-0.25, -0.2) is 0 Å². The molecule has 0 bridgehead atoms. The summed E-state index contributed by atoms with van der Waals surface area (Å²) in [4.78, 5) is 4.81. The first-order valence-corrected chi connectivity index (χ1v) is 7.18. The Hall–Kier alpha value is -0.900. The highest BCUT2D eigenvalue weighted by Crippen LogP contribution is 2.30. The molecule has 0 aliphatic carbocycles. The fraction of sp³-hybridized carbons (Fsp3) is 0.625. The third-order valence-electron chi connectivity index (χ3n) is 4.17. The second-order valence-electron chi connectivity index (χ2n) is 5.88. The number of aliphatic hydroxyl groups excluding tert-OH is 1. The fourth-order valence-corrected chi connectivity index (χ4v) is 3.01. The van der Waals surface area contributed by atoms with Crippen LogP contribution in [0.3, 0.4) is 0 Å². The van der Waals surface area contributed by atoms with E-state index in [0.29, 0.717) is 18.6 Å². The van der Waals surface area contributed by atoms with E-state index >= 15 is 0 Å². The van der Waals surface area contributed by atoms with Crippen molar-refractivity contribution in [3.8, 4) is 0 Å². The van der Waals surface area contributed by atoms with E-state index in [-0.39, 0.29) is 0 Å². The molecule has 1 aromatic rings. The number of aryl methyl sites for hydroxylation is 1. The highest BCUT2D eigenvalue weighted by molar-refractivity contribution is 5.27. The lowest BCUT2D eigenvalue weighted by Crippen LogP contribution is -2.34. The highest BCUT2D eigenvalue weighted by atomic mass is 16.3. The van der Waals surface area contributed by atoms with E-state index < -0.39 is 0 Å². The third-order valence-corrected chi connectivity index (χ3v) is 4.17. The lowest BCUT2D eigenvalue weighted by molar-refractivity contribution is 0.232. The molecule has 2 rings (SSSR count). The van der Waals surface area contributed by atoms with E-state index in [2.05, 4.69) is 55.1 Å². The van der Waals surface area contributed by atoms with Crippen molar-refractivity contribution in [3.63, 3.8) is 0 Å². The minimum absolute atomic E-state index is 0.290. The van der Waals surface area contributed by atoms with Gasteiger partial charge in [-0.3, -0.25) is 0 Å². The molecule has 1 N–H and O–H groups in total. The molecule has 1 aliphatic heterocycles. The van der Waals surface area contributed by atoms with Gasteiger partial charge in [-0.05, 0) is 33.0 Å². The van der Waals surface area contributed by atoms with Crippen LogP contribution in [0, 0.1) is 6.92 Å². The van der Waals surface area contributed by atoms with Crippen LogP contribution in [-0.2, 0) is 0 Å². The van der Waals surface area contributed by atoms with Crippen molar-refractivity contribution in [3.05, 3.63) is 35.4 Å². The van der Waals surface area contributed by atoms with Crippen LogP contribution in [0.25, 0.3) is 0 Å². The maximum absolute atomic E-state index is 8.98. The number of rotatable bonds is 5. The van der Waals surface area contributed by atoms with Gasteiger partial charge in [0.1, 0.15) is 0 Å².